The molecular weight excluding hydrogens is 371 g/mol. The average Bonchev–Trinajstić information content (AvgIpc) is 2.99. The van der Waals surface area contributed by atoms with E-state index in [0.717, 1.165) is 13.1 Å². The first-order valence-corrected chi connectivity index (χ1v) is 9.91. The molecule has 5 nitrogen and oxygen atoms in total. The summed E-state index contributed by atoms with van der Waals surface area (Å²) in [5.74, 6) is -2.29. The predicted octanol–water partition coefficient (Wildman–Crippen LogP) is 2.17. The van der Waals surface area contributed by atoms with Crippen LogP contribution < -0.4 is 4.90 Å². The molecular formula is C23H26FN2O3+. The van der Waals surface area contributed by atoms with Crippen LogP contribution in [0.5, 0.6) is 0 Å². The minimum Gasteiger partial charge on any atom is -0.507 e. The van der Waals surface area contributed by atoms with Crippen LogP contribution in [0.1, 0.15) is 31.0 Å². The molecule has 1 amide bonds. The van der Waals surface area contributed by atoms with Crippen LogP contribution in [0.15, 0.2) is 60.2 Å². The van der Waals surface area contributed by atoms with Crippen LogP contribution in [0.2, 0.25) is 0 Å². The molecule has 0 bridgehead atoms. The van der Waals surface area contributed by atoms with Gasteiger partial charge >= 0.3 is 0 Å². The van der Waals surface area contributed by atoms with E-state index in [9.17, 15) is 19.1 Å². The van der Waals surface area contributed by atoms with Crippen LogP contribution in [-0.4, -0.2) is 47.9 Å². The Kier molecular flexibility index (Phi) is 6.44. The van der Waals surface area contributed by atoms with Crippen molar-refractivity contribution >= 4 is 17.4 Å². The van der Waals surface area contributed by atoms with E-state index in [-0.39, 0.29) is 16.9 Å². The minimum absolute atomic E-state index is 0.0687. The van der Waals surface area contributed by atoms with E-state index >= 15 is 0 Å². The van der Waals surface area contributed by atoms with Gasteiger partial charge in [0.2, 0.25) is 0 Å². The van der Waals surface area contributed by atoms with Crippen LogP contribution >= 0.6 is 0 Å². The minimum atomic E-state index is -0.952. The van der Waals surface area contributed by atoms with Gasteiger partial charge in [-0.2, -0.15) is 0 Å². The van der Waals surface area contributed by atoms with E-state index in [0.29, 0.717) is 18.7 Å². The van der Waals surface area contributed by atoms with Gasteiger partial charge in [0.25, 0.3) is 11.7 Å². The number of benzene rings is 2. The van der Waals surface area contributed by atoms with Gasteiger partial charge in [-0.15, -0.1) is 0 Å². The second-order valence-corrected chi connectivity index (χ2v) is 7.09. The van der Waals surface area contributed by atoms with Gasteiger partial charge in [-0.1, -0.05) is 48.5 Å². The van der Waals surface area contributed by atoms with Crippen molar-refractivity contribution in [3.05, 3.63) is 77.1 Å². The van der Waals surface area contributed by atoms with Gasteiger partial charge in [0.1, 0.15) is 11.6 Å². The molecule has 0 unspecified atom stereocenters. The molecule has 3 rings (SSSR count). The Morgan fingerprint density at radius 1 is 1.03 bits per heavy atom. The third kappa shape index (κ3) is 4.07. The van der Waals surface area contributed by atoms with Crippen molar-refractivity contribution < 1.29 is 24.0 Å². The lowest BCUT2D eigenvalue weighted by Crippen LogP contribution is -3.12. The topological polar surface area (TPSA) is 62.0 Å². The number of aliphatic hydroxyl groups excluding tert-OH is 1. The van der Waals surface area contributed by atoms with E-state index in [1.807, 2.05) is 0 Å². The molecule has 0 spiro atoms. The van der Waals surface area contributed by atoms with Gasteiger partial charge < -0.3 is 14.9 Å². The zero-order valence-electron chi connectivity index (χ0n) is 16.7. The number of ketones is 1. The zero-order valence-corrected chi connectivity index (χ0v) is 16.7. The van der Waals surface area contributed by atoms with Gasteiger partial charge in [0, 0.05) is 11.1 Å². The second kappa shape index (κ2) is 9.01. The molecule has 1 fully saturated rings. The van der Waals surface area contributed by atoms with E-state index in [2.05, 4.69) is 13.8 Å². The molecule has 2 aromatic carbocycles. The number of Topliss-reactive ketones (excluding diaryl/α,β-unsaturated/α-hetero) is 1. The van der Waals surface area contributed by atoms with Crippen molar-refractivity contribution in [1.82, 2.24) is 4.90 Å². The predicted molar refractivity (Wildman–Crippen MR) is 109 cm³/mol. The number of amides is 1. The number of halogens is 1. The monoisotopic (exact) mass is 397 g/mol. The summed E-state index contributed by atoms with van der Waals surface area (Å²) in [4.78, 5) is 28.4. The van der Waals surface area contributed by atoms with E-state index in [4.69, 9.17) is 0 Å². The molecule has 29 heavy (non-hydrogen) atoms. The first-order chi connectivity index (χ1) is 14.0. The molecule has 2 N–H and O–H groups in total. The van der Waals surface area contributed by atoms with Gasteiger partial charge in [0.05, 0.1) is 37.8 Å². The number of likely N-dealkylation sites (N-methyl/N-ethyl adjacent to an activating group) is 1. The molecule has 2 aromatic rings. The number of carbonyl (C=O) groups is 2. The zero-order chi connectivity index (χ0) is 21.0. The highest BCUT2D eigenvalue weighted by Gasteiger charge is 2.47. The van der Waals surface area contributed by atoms with Gasteiger partial charge in [-0.05, 0) is 19.9 Å². The van der Waals surface area contributed by atoms with E-state index in [1.165, 1.54) is 15.9 Å². The fraction of sp³-hybridized carbons (Fsp3) is 0.304. The number of hydrogen-bond donors (Lipinski definition) is 2. The van der Waals surface area contributed by atoms with Crippen molar-refractivity contribution in [3.8, 4) is 0 Å². The van der Waals surface area contributed by atoms with E-state index in [1.54, 1.807) is 48.5 Å². The highest BCUT2D eigenvalue weighted by atomic mass is 19.1. The van der Waals surface area contributed by atoms with Gasteiger partial charge in [-0.25, -0.2) is 4.39 Å². The van der Waals surface area contributed by atoms with Crippen LogP contribution in [-0.2, 0) is 9.59 Å². The molecule has 0 aliphatic carbocycles. The number of nitrogens with one attached hydrogen (secondary N) is 1. The van der Waals surface area contributed by atoms with Crippen LogP contribution in [0.4, 0.5) is 4.39 Å². The number of likely N-dealkylation sites (tertiary alicyclic amines) is 1. The average molecular weight is 397 g/mol. The maximum Gasteiger partial charge on any atom is 0.295 e. The molecule has 152 valence electrons. The number of hydrogen-bond acceptors (Lipinski definition) is 3. The normalized spacial score (nSPS) is 18.6. The molecule has 0 saturated carbocycles. The second-order valence-electron chi connectivity index (χ2n) is 7.09. The van der Waals surface area contributed by atoms with Crippen LogP contribution in [0, 0.1) is 5.82 Å². The van der Waals surface area contributed by atoms with Crippen LogP contribution in [0.3, 0.4) is 0 Å². The summed E-state index contributed by atoms with van der Waals surface area (Å²) in [5.41, 5.74) is 0.556. The molecule has 1 saturated heterocycles. The standard InChI is InChI=1S/C23H25FN2O3/c1-3-25(4-2)14-15-26-20(17-12-8-9-13-18(17)24)19(22(28)23(26)29)21(27)16-10-6-5-7-11-16/h5-13,20,27H,3-4,14-15H2,1-2H3/p+1/t20-/m1/s1. The Hall–Kier alpha value is -2.99. The number of aliphatic hydroxyl groups is 1. The van der Waals surface area contributed by atoms with Crippen molar-refractivity contribution in [2.45, 2.75) is 19.9 Å². The molecule has 6 heteroatoms. The molecule has 1 aliphatic heterocycles. The summed E-state index contributed by atoms with van der Waals surface area (Å²) in [5, 5.41) is 10.9. The summed E-state index contributed by atoms with van der Waals surface area (Å²) in [7, 11) is 0. The van der Waals surface area contributed by atoms with Crippen molar-refractivity contribution in [2.24, 2.45) is 0 Å². The van der Waals surface area contributed by atoms with Gasteiger partial charge in [0.15, 0.2) is 0 Å². The Bertz CT molecular complexity index is 923. The number of quaternary nitrogens is 1. The lowest BCUT2D eigenvalue weighted by atomic mass is 9.95. The highest BCUT2D eigenvalue weighted by molar-refractivity contribution is 6.46. The lowest BCUT2D eigenvalue weighted by Gasteiger charge is -2.27. The van der Waals surface area contributed by atoms with E-state index < -0.39 is 23.5 Å². The first-order valence-electron chi connectivity index (χ1n) is 9.91. The summed E-state index contributed by atoms with van der Waals surface area (Å²) in [6.07, 6.45) is 0. The number of carbonyl (C=O) groups excluding carboxylic acids is 2. The summed E-state index contributed by atoms with van der Waals surface area (Å²) < 4.78 is 14.7. The Labute approximate surface area is 170 Å². The smallest absolute Gasteiger partial charge is 0.295 e. The quantitative estimate of drug-likeness (QED) is 0.428. The van der Waals surface area contributed by atoms with Crippen molar-refractivity contribution in [1.29, 1.82) is 0 Å². The first kappa shape index (κ1) is 20.7. The Morgan fingerprint density at radius 2 is 1.66 bits per heavy atom. The van der Waals surface area contributed by atoms with Crippen molar-refractivity contribution in [2.75, 3.05) is 26.2 Å². The molecule has 0 radical (unpaired) electrons. The fourth-order valence-corrected chi connectivity index (χ4v) is 3.76. The maximum absolute atomic E-state index is 14.7. The third-order valence-electron chi connectivity index (χ3n) is 5.49. The van der Waals surface area contributed by atoms with Crippen LogP contribution in [0.25, 0.3) is 5.76 Å². The SMILES string of the molecule is CC[NH+](CC)CCN1C(=O)C(=O)C(=C(O)c2ccccc2)[C@H]1c1ccccc1F. The number of rotatable bonds is 7. The molecule has 1 heterocycles. The lowest BCUT2D eigenvalue weighted by molar-refractivity contribution is -0.895. The van der Waals surface area contributed by atoms with Gasteiger partial charge in [-0.3, -0.25) is 9.59 Å². The Morgan fingerprint density at radius 3 is 2.28 bits per heavy atom. The fourth-order valence-electron chi connectivity index (χ4n) is 3.76. The summed E-state index contributed by atoms with van der Waals surface area (Å²) >= 11 is 0. The Balaban J connectivity index is 2.11. The molecule has 1 atom stereocenters. The molecule has 0 aromatic heterocycles. The van der Waals surface area contributed by atoms with Crippen molar-refractivity contribution in [3.63, 3.8) is 0 Å². The maximum atomic E-state index is 14.7. The highest BCUT2D eigenvalue weighted by Crippen LogP contribution is 2.39. The third-order valence-corrected chi connectivity index (χ3v) is 5.49. The largest absolute Gasteiger partial charge is 0.507 e. The number of nitrogens with zero attached hydrogens (tertiary/aromatic N) is 1. The molecule has 1 aliphatic rings. The summed E-state index contributed by atoms with van der Waals surface area (Å²) in [6, 6.07) is 13.7. The summed E-state index contributed by atoms with van der Waals surface area (Å²) in [6.45, 7) is 6.81.